The van der Waals surface area contributed by atoms with Crippen LogP contribution in [0.25, 0.3) is 0 Å². The Morgan fingerprint density at radius 1 is 1.27 bits per heavy atom. The van der Waals surface area contributed by atoms with E-state index in [1.807, 2.05) is 4.90 Å². The van der Waals surface area contributed by atoms with Crippen LogP contribution in [0.5, 0.6) is 0 Å². The maximum atomic E-state index is 12.8. The first-order valence-corrected chi connectivity index (χ1v) is 7.34. The Balaban J connectivity index is 1.71. The van der Waals surface area contributed by atoms with Crippen molar-refractivity contribution in [3.8, 4) is 0 Å². The molecule has 0 aromatic heterocycles. The molecule has 2 amide bonds. The lowest BCUT2D eigenvalue weighted by Gasteiger charge is -2.36. The molecule has 8 heteroatoms. The molecular formula is C14H15ClF3N3O. The minimum absolute atomic E-state index is 0.0632. The van der Waals surface area contributed by atoms with Crippen LogP contribution in [0.15, 0.2) is 18.2 Å². The van der Waals surface area contributed by atoms with Gasteiger partial charge in [-0.05, 0) is 23.8 Å². The van der Waals surface area contributed by atoms with Gasteiger partial charge in [0.2, 0.25) is 0 Å². The molecule has 2 fully saturated rings. The zero-order chi connectivity index (χ0) is 15.9. The lowest BCUT2D eigenvalue weighted by atomic mass is 10.1. The highest BCUT2D eigenvalue weighted by Crippen LogP contribution is 2.32. The number of halogens is 4. The second-order valence-corrected chi connectivity index (χ2v) is 6.05. The zero-order valence-electron chi connectivity index (χ0n) is 11.7. The first-order chi connectivity index (χ1) is 10.3. The highest BCUT2D eigenvalue weighted by molar-refractivity contribution is 6.30. The number of alkyl halides is 3. The molecule has 120 valence electrons. The van der Waals surface area contributed by atoms with E-state index in [9.17, 15) is 18.0 Å². The van der Waals surface area contributed by atoms with Crippen LogP contribution in [0.2, 0.25) is 5.02 Å². The SMILES string of the molecule is O=C1NC[C@@H]2CN(Cc3cc(Cl)cc(C(F)(F)F)c3)CCN12. The quantitative estimate of drug-likeness (QED) is 0.903. The van der Waals surface area contributed by atoms with Crippen molar-refractivity contribution in [2.75, 3.05) is 26.2 Å². The first-order valence-electron chi connectivity index (χ1n) is 6.96. The lowest BCUT2D eigenvalue weighted by Crippen LogP contribution is -2.51. The Kier molecular flexibility index (Phi) is 3.94. The summed E-state index contributed by atoms with van der Waals surface area (Å²) in [5.74, 6) is 0. The molecule has 1 aromatic carbocycles. The number of amides is 2. The maximum Gasteiger partial charge on any atom is 0.416 e. The number of piperazine rings is 1. The van der Waals surface area contributed by atoms with Crippen molar-refractivity contribution in [3.05, 3.63) is 34.3 Å². The molecule has 2 aliphatic heterocycles. The number of carbonyl (C=O) groups is 1. The van der Waals surface area contributed by atoms with E-state index in [1.165, 1.54) is 0 Å². The Bertz CT molecular complexity index is 593. The molecule has 2 heterocycles. The minimum Gasteiger partial charge on any atom is -0.336 e. The zero-order valence-corrected chi connectivity index (χ0v) is 12.4. The van der Waals surface area contributed by atoms with Gasteiger partial charge in [-0.2, -0.15) is 13.2 Å². The molecule has 1 atom stereocenters. The van der Waals surface area contributed by atoms with Crippen LogP contribution in [0.4, 0.5) is 18.0 Å². The van der Waals surface area contributed by atoms with Crippen molar-refractivity contribution < 1.29 is 18.0 Å². The molecule has 22 heavy (non-hydrogen) atoms. The summed E-state index contributed by atoms with van der Waals surface area (Å²) in [5.41, 5.74) is -0.197. The molecule has 0 spiro atoms. The Morgan fingerprint density at radius 2 is 2.05 bits per heavy atom. The van der Waals surface area contributed by atoms with Crippen LogP contribution in [0.1, 0.15) is 11.1 Å². The van der Waals surface area contributed by atoms with E-state index in [0.717, 1.165) is 12.1 Å². The highest BCUT2D eigenvalue weighted by atomic mass is 35.5. The number of nitrogens with zero attached hydrogens (tertiary/aromatic N) is 2. The molecular weight excluding hydrogens is 319 g/mol. The smallest absolute Gasteiger partial charge is 0.336 e. The minimum atomic E-state index is -4.40. The molecule has 2 saturated heterocycles. The molecule has 0 radical (unpaired) electrons. The van der Waals surface area contributed by atoms with Crippen LogP contribution in [-0.4, -0.2) is 48.1 Å². The van der Waals surface area contributed by atoms with Gasteiger partial charge in [0, 0.05) is 37.7 Å². The van der Waals surface area contributed by atoms with E-state index in [0.29, 0.717) is 38.3 Å². The van der Waals surface area contributed by atoms with Crippen LogP contribution in [0.3, 0.4) is 0 Å². The molecule has 0 bridgehead atoms. The van der Waals surface area contributed by atoms with Crippen LogP contribution in [0, 0.1) is 0 Å². The summed E-state index contributed by atoms with van der Waals surface area (Å²) in [6, 6.07) is 3.65. The average molecular weight is 334 g/mol. The topological polar surface area (TPSA) is 35.6 Å². The van der Waals surface area contributed by atoms with Crippen LogP contribution >= 0.6 is 11.6 Å². The van der Waals surface area contributed by atoms with Gasteiger partial charge in [0.1, 0.15) is 0 Å². The number of benzene rings is 1. The summed E-state index contributed by atoms with van der Waals surface area (Å²) < 4.78 is 38.5. The summed E-state index contributed by atoms with van der Waals surface area (Å²) in [4.78, 5) is 15.3. The number of fused-ring (bicyclic) bond motifs is 1. The number of nitrogens with one attached hydrogen (secondary N) is 1. The Hall–Kier alpha value is -1.47. The lowest BCUT2D eigenvalue weighted by molar-refractivity contribution is -0.137. The summed E-state index contributed by atoms with van der Waals surface area (Å²) in [6.07, 6.45) is -4.40. The van der Waals surface area contributed by atoms with Gasteiger partial charge in [-0.1, -0.05) is 11.6 Å². The fraction of sp³-hybridized carbons (Fsp3) is 0.500. The van der Waals surface area contributed by atoms with E-state index < -0.39 is 11.7 Å². The summed E-state index contributed by atoms with van der Waals surface area (Å²) >= 11 is 5.80. The second kappa shape index (κ2) is 5.62. The van der Waals surface area contributed by atoms with Crippen molar-refractivity contribution in [1.82, 2.24) is 15.1 Å². The molecule has 2 aliphatic rings. The van der Waals surface area contributed by atoms with E-state index in [1.54, 1.807) is 11.0 Å². The van der Waals surface area contributed by atoms with Gasteiger partial charge >= 0.3 is 12.2 Å². The third-order valence-electron chi connectivity index (χ3n) is 4.01. The van der Waals surface area contributed by atoms with E-state index in [-0.39, 0.29) is 17.1 Å². The van der Waals surface area contributed by atoms with Crippen molar-refractivity contribution in [3.63, 3.8) is 0 Å². The van der Waals surface area contributed by atoms with Crippen LogP contribution in [-0.2, 0) is 12.7 Å². The van der Waals surface area contributed by atoms with Gasteiger partial charge in [-0.15, -0.1) is 0 Å². The molecule has 1 N–H and O–H groups in total. The van der Waals surface area contributed by atoms with Crippen molar-refractivity contribution in [2.45, 2.75) is 18.8 Å². The van der Waals surface area contributed by atoms with Crippen molar-refractivity contribution in [1.29, 1.82) is 0 Å². The Labute approximate surface area is 130 Å². The van der Waals surface area contributed by atoms with Gasteiger partial charge in [-0.25, -0.2) is 4.79 Å². The molecule has 0 aliphatic carbocycles. The van der Waals surface area contributed by atoms with Gasteiger partial charge < -0.3 is 10.2 Å². The predicted octanol–water partition coefficient (Wildman–Crippen LogP) is 2.57. The largest absolute Gasteiger partial charge is 0.416 e. The van der Waals surface area contributed by atoms with Gasteiger partial charge in [0.25, 0.3) is 0 Å². The maximum absolute atomic E-state index is 12.8. The molecule has 0 saturated carbocycles. The third-order valence-corrected chi connectivity index (χ3v) is 4.23. The highest BCUT2D eigenvalue weighted by Gasteiger charge is 2.35. The molecule has 4 nitrogen and oxygen atoms in total. The first kappa shape index (κ1) is 15.4. The van der Waals surface area contributed by atoms with Crippen molar-refractivity contribution in [2.24, 2.45) is 0 Å². The fourth-order valence-corrected chi connectivity index (χ4v) is 3.23. The monoisotopic (exact) mass is 333 g/mol. The summed E-state index contributed by atoms with van der Waals surface area (Å²) in [5, 5.41) is 2.86. The molecule has 0 unspecified atom stereocenters. The van der Waals surface area contributed by atoms with Gasteiger partial charge in [-0.3, -0.25) is 4.90 Å². The van der Waals surface area contributed by atoms with Crippen molar-refractivity contribution >= 4 is 17.6 Å². The summed E-state index contributed by atoms with van der Waals surface area (Å²) in [7, 11) is 0. The van der Waals surface area contributed by atoms with Gasteiger partial charge in [0.05, 0.1) is 11.6 Å². The fourth-order valence-electron chi connectivity index (χ4n) is 2.98. The second-order valence-electron chi connectivity index (χ2n) is 5.61. The number of hydrogen-bond acceptors (Lipinski definition) is 2. The normalized spacial score (nSPS) is 22.6. The van der Waals surface area contributed by atoms with Crippen LogP contribution < -0.4 is 5.32 Å². The number of urea groups is 1. The molecule has 1 aromatic rings. The number of rotatable bonds is 2. The number of hydrogen-bond donors (Lipinski definition) is 1. The third kappa shape index (κ3) is 3.15. The molecule has 3 rings (SSSR count). The Morgan fingerprint density at radius 3 is 2.77 bits per heavy atom. The average Bonchev–Trinajstić information content (AvgIpc) is 2.78. The van der Waals surface area contributed by atoms with Gasteiger partial charge in [0.15, 0.2) is 0 Å². The van der Waals surface area contributed by atoms with E-state index in [2.05, 4.69) is 5.32 Å². The standard InChI is InChI=1S/C14H15ClF3N3O/c15-11-4-9(3-10(5-11)14(16,17)18)7-20-1-2-21-12(8-20)6-19-13(21)22/h3-5,12H,1-2,6-8H2,(H,19,22)/t12-/m1/s1. The van der Waals surface area contributed by atoms with E-state index >= 15 is 0 Å². The predicted molar refractivity (Wildman–Crippen MR) is 75.6 cm³/mol. The summed E-state index contributed by atoms with van der Waals surface area (Å²) in [6.45, 7) is 2.84. The number of carbonyl (C=O) groups excluding carboxylic acids is 1. The van der Waals surface area contributed by atoms with E-state index in [4.69, 9.17) is 11.6 Å².